The molecule has 0 aliphatic carbocycles. The Morgan fingerprint density at radius 3 is 2.74 bits per heavy atom. The molecule has 1 heterocycles. The molecule has 2 atom stereocenters. The van der Waals surface area contributed by atoms with E-state index in [1.807, 2.05) is 0 Å². The van der Waals surface area contributed by atoms with Crippen LogP contribution in [-0.2, 0) is 4.79 Å². The first-order valence-corrected chi connectivity index (χ1v) is 8.72. The molecule has 0 radical (unpaired) electrons. The van der Waals surface area contributed by atoms with Crippen molar-refractivity contribution < 1.29 is 4.79 Å². The van der Waals surface area contributed by atoms with Gasteiger partial charge >= 0.3 is 0 Å². The lowest BCUT2D eigenvalue weighted by molar-refractivity contribution is -0.113. The Labute approximate surface area is 140 Å². The first-order chi connectivity index (χ1) is 11.0. The molecule has 0 aromatic heterocycles. The number of nitrogens with one attached hydrogen (secondary N) is 2. The van der Waals surface area contributed by atoms with Crippen LogP contribution in [0.5, 0.6) is 0 Å². The largest absolute Gasteiger partial charge is 0.402 e. The van der Waals surface area contributed by atoms with Crippen molar-refractivity contribution in [1.82, 2.24) is 10.6 Å². The molecule has 0 spiro atoms. The van der Waals surface area contributed by atoms with Gasteiger partial charge in [0.2, 0.25) is 0 Å². The summed E-state index contributed by atoms with van der Waals surface area (Å²) in [4.78, 5) is 16.2. The summed E-state index contributed by atoms with van der Waals surface area (Å²) in [6.07, 6.45) is 8.94. The second kappa shape index (κ2) is 10.1. The normalized spacial score (nSPS) is 19.2. The van der Waals surface area contributed by atoms with Crippen molar-refractivity contribution in [3.63, 3.8) is 0 Å². The molecule has 0 aromatic carbocycles. The van der Waals surface area contributed by atoms with Crippen molar-refractivity contribution in [3.05, 3.63) is 23.8 Å². The predicted octanol–water partition coefficient (Wildman–Crippen LogP) is 2.85. The molecule has 0 saturated carbocycles. The van der Waals surface area contributed by atoms with Crippen LogP contribution in [-0.4, -0.2) is 24.1 Å². The minimum absolute atomic E-state index is 0.0204. The van der Waals surface area contributed by atoms with Crippen LogP contribution in [0.2, 0.25) is 0 Å². The van der Waals surface area contributed by atoms with Crippen LogP contribution in [0.25, 0.3) is 0 Å². The van der Waals surface area contributed by atoms with Crippen LogP contribution in [0, 0.1) is 5.92 Å². The quantitative estimate of drug-likeness (QED) is 0.578. The number of aliphatic imine (C=N–C) groups is 1. The van der Waals surface area contributed by atoms with E-state index in [-0.39, 0.29) is 5.78 Å². The zero-order valence-electron chi connectivity index (χ0n) is 15.0. The van der Waals surface area contributed by atoms with E-state index < -0.39 is 0 Å². The van der Waals surface area contributed by atoms with Crippen molar-refractivity contribution in [2.75, 3.05) is 6.54 Å². The van der Waals surface area contributed by atoms with E-state index in [0.717, 1.165) is 30.9 Å². The number of hydrogen-bond acceptors (Lipinski definition) is 5. The van der Waals surface area contributed by atoms with Gasteiger partial charge in [0.25, 0.3) is 0 Å². The molecule has 2 unspecified atom stereocenters. The maximum absolute atomic E-state index is 11.6. The SMILES string of the molecule is CCCC(CCC(C)CC)NC(=C/N)/N=C1\CNC=C1C(C)=O. The molecule has 5 heteroatoms. The van der Waals surface area contributed by atoms with Gasteiger partial charge in [-0.05, 0) is 32.1 Å². The summed E-state index contributed by atoms with van der Waals surface area (Å²) in [5, 5.41) is 6.50. The molecular weight excluding hydrogens is 288 g/mol. The van der Waals surface area contributed by atoms with E-state index in [1.54, 1.807) is 13.1 Å². The summed E-state index contributed by atoms with van der Waals surface area (Å²) >= 11 is 0. The highest BCUT2D eigenvalue weighted by molar-refractivity contribution is 6.23. The average molecular weight is 320 g/mol. The van der Waals surface area contributed by atoms with Crippen molar-refractivity contribution in [3.8, 4) is 0 Å². The van der Waals surface area contributed by atoms with Gasteiger partial charge in [-0.25, -0.2) is 4.99 Å². The molecule has 23 heavy (non-hydrogen) atoms. The van der Waals surface area contributed by atoms with E-state index in [1.165, 1.54) is 19.0 Å². The molecule has 0 bridgehead atoms. The fraction of sp³-hybridized carbons (Fsp3) is 0.667. The number of nitrogens with two attached hydrogens (primary N) is 1. The van der Waals surface area contributed by atoms with Gasteiger partial charge in [0.05, 0.1) is 17.8 Å². The molecule has 1 rings (SSSR count). The topological polar surface area (TPSA) is 79.5 Å². The molecule has 1 aliphatic rings. The van der Waals surface area contributed by atoms with E-state index in [4.69, 9.17) is 5.73 Å². The lowest BCUT2D eigenvalue weighted by atomic mass is 9.97. The van der Waals surface area contributed by atoms with Gasteiger partial charge in [0, 0.05) is 18.4 Å². The smallest absolute Gasteiger partial charge is 0.163 e. The number of nitrogens with zero attached hydrogens (tertiary/aromatic N) is 1. The Morgan fingerprint density at radius 2 is 2.17 bits per heavy atom. The molecule has 130 valence electrons. The van der Waals surface area contributed by atoms with Crippen molar-refractivity contribution >= 4 is 11.5 Å². The summed E-state index contributed by atoms with van der Waals surface area (Å²) in [6, 6.07) is 0.368. The van der Waals surface area contributed by atoms with Gasteiger partial charge in [-0.3, -0.25) is 4.79 Å². The minimum atomic E-state index is 0.0204. The highest BCUT2D eigenvalue weighted by Crippen LogP contribution is 2.15. The van der Waals surface area contributed by atoms with Crippen LogP contribution in [0.15, 0.2) is 28.8 Å². The number of Topliss-reactive ketones (excluding diaryl/α,β-unsaturated/α-hetero) is 1. The van der Waals surface area contributed by atoms with Crippen molar-refractivity contribution in [1.29, 1.82) is 0 Å². The predicted molar refractivity (Wildman–Crippen MR) is 97.0 cm³/mol. The number of ketones is 1. The molecule has 4 N–H and O–H groups in total. The Balaban J connectivity index is 2.72. The number of carbonyl (C=O) groups is 1. The summed E-state index contributed by atoms with van der Waals surface area (Å²) in [7, 11) is 0. The van der Waals surface area contributed by atoms with Crippen LogP contribution < -0.4 is 16.4 Å². The van der Waals surface area contributed by atoms with Gasteiger partial charge in [-0.1, -0.05) is 33.6 Å². The third kappa shape index (κ3) is 6.47. The van der Waals surface area contributed by atoms with Crippen LogP contribution in [0.1, 0.15) is 59.8 Å². The standard InChI is InChI=1S/C18H32N4O/c1-5-7-15(9-8-13(3)6-2)21-18(10-19)22-17-12-20-11-16(17)14(4)23/h10-11,13,15,20-21H,5-9,12,19H2,1-4H3/b18-10-,22-17+. The Morgan fingerprint density at radius 1 is 1.43 bits per heavy atom. The highest BCUT2D eigenvalue weighted by atomic mass is 16.1. The van der Waals surface area contributed by atoms with Gasteiger partial charge in [0.1, 0.15) is 5.82 Å². The van der Waals surface area contributed by atoms with Crippen LogP contribution >= 0.6 is 0 Å². The van der Waals surface area contributed by atoms with E-state index >= 15 is 0 Å². The molecule has 5 nitrogen and oxygen atoms in total. The fourth-order valence-corrected chi connectivity index (χ4v) is 2.63. The molecule has 0 fully saturated rings. The van der Waals surface area contributed by atoms with E-state index in [9.17, 15) is 4.79 Å². The summed E-state index contributed by atoms with van der Waals surface area (Å²) in [5.74, 6) is 1.41. The third-order valence-corrected chi connectivity index (χ3v) is 4.31. The monoisotopic (exact) mass is 320 g/mol. The lowest BCUT2D eigenvalue weighted by Crippen LogP contribution is -2.29. The Kier molecular flexibility index (Phi) is 8.45. The molecule has 0 amide bonds. The fourth-order valence-electron chi connectivity index (χ4n) is 2.63. The van der Waals surface area contributed by atoms with Gasteiger partial charge in [-0.15, -0.1) is 0 Å². The molecule has 1 aliphatic heterocycles. The Bertz CT molecular complexity index is 479. The lowest BCUT2D eigenvalue weighted by Gasteiger charge is -2.21. The molecular formula is C18H32N4O. The van der Waals surface area contributed by atoms with Crippen molar-refractivity contribution in [2.45, 2.75) is 65.8 Å². The zero-order valence-corrected chi connectivity index (χ0v) is 15.0. The Hall–Kier alpha value is -1.78. The van der Waals surface area contributed by atoms with Crippen molar-refractivity contribution in [2.24, 2.45) is 16.6 Å². The third-order valence-electron chi connectivity index (χ3n) is 4.31. The van der Waals surface area contributed by atoms with E-state index in [0.29, 0.717) is 24.0 Å². The highest BCUT2D eigenvalue weighted by Gasteiger charge is 2.18. The molecule has 0 aromatic rings. The number of rotatable bonds is 10. The van der Waals surface area contributed by atoms with Gasteiger partial charge in [-0.2, -0.15) is 0 Å². The first-order valence-electron chi connectivity index (χ1n) is 8.72. The van der Waals surface area contributed by atoms with E-state index in [2.05, 4.69) is 36.4 Å². The summed E-state index contributed by atoms with van der Waals surface area (Å²) in [5.41, 5.74) is 7.13. The van der Waals surface area contributed by atoms with Crippen LogP contribution in [0.3, 0.4) is 0 Å². The number of carbonyl (C=O) groups excluding carboxylic acids is 1. The van der Waals surface area contributed by atoms with Crippen LogP contribution in [0.4, 0.5) is 0 Å². The zero-order chi connectivity index (χ0) is 17.2. The second-order valence-corrected chi connectivity index (χ2v) is 6.33. The van der Waals surface area contributed by atoms with Gasteiger partial charge in [0.15, 0.2) is 5.78 Å². The maximum atomic E-state index is 11.6. The van der Waals surface area contributed by atoms with Gasteiger partial charge < -0.3 is 16.4 Å². The average Bonchev–Trinajstić information content (AvgIpc) is 2.99. The number of hydrogen-bond donors (Lipinski definition) is 3. The maximum Gasteiger partial charge on any atom is 0.163 e. The summed E-state index contributed by atoms with van der Waals surface area (Å²) in [6.45, 7) is 8.83. The molecule has 0 saturated heterocycles. The summed E-state index contributed by atoms with van der Waals surface area (Å²) < 4.78 is 0. The minimum Gasteiger partial charge on any atom is -0.402 e. The first kappa shape index (κ1) is 19.3. The second-order valence-electron chi connectivity index (χ2n) is 6.33.